The van der Waals surface area contributed by atoms with Crippen molar-refractivity contribution in [2.24, 2.45) is 5.92 Å². The Bertz CT molecular complexity index is 543. The second-order valence-corrected chi connectivity index (χ2v) is 4.65. The maximum atomic E-state index is 11.9. The highest BCUT2D eigenvalue weighted by Crippen LogP contribution is 2.21. The molecule has 0 spiro atoms. The van der Waals surface area contributed by atoms with Gasteiger partial charge in [-0.15, -0.1) is 0 Å². The maximum absolute atomic E-state index is 11.9. The van der Waals surface area contributed by atoms with Crippen LogP contribution in [0, 0.1) is 16.0 Å². The number of carbonyl (C=O) groups excluding carboxylic acids is 1. The number of carbonyl (C=O) groups is 2. The van der Waals surface area contributed by atoms with Crippen molar-refractivity contribution in [3.05, 3.63) is 34.4 Å². The number of amides is 1. The maximum Gasteiger partial charge on any atom is 0.322 e. The van der Waals surface area contributed by atoms with Crippen LogP contribution in [0.1, 0.15) is 13.8 Å². The van der Waals surface area contributed by atoms with Gasteiger partial charge in [0.1, 0.15) is 12.3 Å². The Labute approximate surface area is 120 Å². The van der Waals surface area contributed by atoms with Crippen LogP contribution < -0.4 is 10.1 Å². The van der Waals surface area contributed by atoms with E-state index in [0.29, 0.717) is 0 Å². The van der Waals surface area contributed by atoms with E-state index in [1.807, 2.05) is 0 Å². The van der Waals surface area contributed by atoms with E-state index in [4.69, 9.17) is 9.84 Å². The first-order valence-corrected chi connectivity index (χ1v) is 6.22. The summed E-state index contributed by atoms with van der Waals surface area (Å²) in [5, 5.41) is 21.5. The predicted molar refractivity (Wildman–Crippen MR) is 73.0 cm³/mol. The van der Waals surface area contributed by atoms with Crippen LogP contribution in [-0.4, -0.2) is 34.6 Å². The predicted octanol–water partition coefficient (Wildman–Crippen LogP) is 1.20. The van der Waals surface area contributed by atoms with Crippen molar-refractivity contribution in [1.82, 2.24) is 5.32 Å². The molecule has 0 aliphatic heterocycles. The molecule has 1 atom stereocenters. The van der Waals surface area contributed by atoms with Crippen molar-refractivity contribution in [3.63, 3.8) is 0 Å². The van der Waals surface area contributed by atoms with Gasteiger partial charge >= 0.3 is 5.97 Å². The van der Waals surface area contributed by atoms with E-state index in [2.05, 4.69) is 5.32 Å². The van der Waals surface area contributed by atoms with Gasteiger partial charge in [-0.3, -0.25) is 19.7 Å². The van der Waals surface area contributed by atoms with Crippen LogP contribution in [0.4, 0.5) is 5.69 Å². The highest BCUT2D eigenvalue weighted by molar-refractivity contribution is 5.84. The molecule has 8 nitrogen and oxygen atoms in total. The minimum atomic E-state index is -1.17. The van der Waals surface area contributed by atoms with Gasteiger partial charge < -0.3 is 15.2 Å². The van der Waals surface area contributed by atoms with Gasteiger partial charge in [0.2, 0.25) is 0 Å². The van der Waals surface area contributed by atoms with Crippen LogP contribution in [0.5, 0.6) is 5.75 Å². The number of non-ortho nitro benzene ring substituents is 1. The molecule has 0 saturated heterocycles. The molecular weight excluding hydrogens is 280 g/mol. The van der Waals surface area contributed by atoms with Gasteiger partial charge in [0.25, 0.3) is 11.6 Å². The van der Waals surface area contributed by atoms with E-state index in [0.717, 1.165) is 0 Å². The molecule has 0 aromatic heterocycles. The second kappa shape index (κ2) is 7.22. The van der Waals surface area contributed by atoms with Gasteiger partial charge in [-0.2, -0.15) is 0 Å². The minimum Gasteiger partial charge on any atom is -0.480 e. The first-order chi connectivity index (χ1) is 9.81. The van der Waals surface area contributed by atoms with Crippen LogP contribution in [0.2, 0.25) is 0 Å². The number of rotatable bonds is 7. The summed E-state index contributed by atoms with van der Waals surface area (Å²) in [7, 11) is 0. The largest absolute Gasteiger partial charge is 0.480 e. The summed E-state index contributed by atoms with van der Waals surface area (Å²) in [5.41, 5.74) is -0.152. The van der Waals surface area contributed by atoms with Crippen LogP contribution in [0.15, 0.2) is 24.3 Å². The molecule has 8 heteroatoms. The van der Waals surface area contributed by atoms with Crippen molar-refractivity contribution in [1.29, 1.82) is 0 Å². The Morgan fingerprint density at radius 3 is 2.62 bits per heavy atom. The van der Waals surface area contributed by atoms with Gasteiger partial charge in [0, 0.05) is 6.07 Å². The lowest BCUT2D eigenvalue weighted by Crippen LogP contribution is -2.43. The zero-order chi connectivity index (χ0) is 16.0. The zero-order valence-corrected chi connectivity index (χ0v) is 11.6. The quantitative estimate of drug-likeness (QED) is 0.576. The molecule has 0 radical (unpaired) electrons. The molecule has 1 rings (SSSR count). The number of benzene rings is 1. The third-order valence-corrected chi connectivity index (χ3v) is 2.57. The fourth-order valence-corrected chi connectivity index (χ4v) is 1.57. The Balaban J connectivity index is 2.83. The number of ether oxygens (including phenoxy) is 1. The second-order valence-electron chi connectivity index (χ2n) is 4.65. The van der Waals surface area contributed by atoms with Crippen LogP contribution in [0.25, 0.3) is 0 Å². The fourth-order valence-electron chi connectivity index (χ4n) is 1.57. The standard InChI is InChI=1S/C13H16N2O6/c1-8(2)12(13(18)14-7-11(16)17)21-10-5-3-4-9(6-10)15(19)20/h3-6,8,12H,7H2,1-2H3,(H,14,18)(H,16,17). The number of hydrogen-bond donors (Lipinski definition) is 2. The molecule has 114 valence electrons. The molecule has 0 fully saturated rings. The summed E-state index contributed by atoms with van der Waals surface area (Å²) in [6.07, 6.45) is -0.939. The van der Waals surface area contributed by atoms with E-state index in [9.17, 15) is 19.7 Å². The molecule has 0 heterocycles. The molecule has 0 aliphatic rings. The molecule has 1 aromatic rings. The van der Waals surface area contributed by atoms with E-state index in [1.54, 1.807) is 13.8 Å². The third kappa shape index (κ3) is 5.09. The molecule has 1 aromatic carbocycles. The normalized spacial score (nSPS) is 11.8. The lowest BCUT2D eigenvalue weighted by molar-refractivity contribution is -0.385. The highest BCUT2D eigenvalue weighted by Gasteiger charge is 2.25. The lowest BCUT2D eigenvalue weighted by Gasteiger charge is -2.21. The molecule has 2 N–H and O–H groups in total. The number of nitro benzene ring substituents is 1. The van der Waals surface area contributed by atoms with E-state index in [-0.39, 0.29) is 17.4 Å². The summed E-state index contributed by atoms with van der Waals surface area (Å²) < 4.78 is 5.45. The van der Waals surface area contributed by atoms with Crippen LogP contribution in [0.3, 0.4) is 0 Å². The first kappa shape index (κ1) is 16.4. The highest BCUT2D eigenvalue weighted by atomic mass is 16.6. The summed E-state index contributed by atoms with van der Waals surface area (Å²) in [6.45, 7) is 2.94. The fraction of sp³-hybridized carbons (Fsp3) is 0.385. The van der Waals surface area contributed by atoms with E-state index in [1.165, 1.54) is 24.3 Å². The molecule has 0 saturated carbocycles. The monoisotopic (exact) mass is 296 g/mol. The third-order valence-electron chi connectivity index (χ3n) is 2.57. The zero-order valence-electron chi connectivity index (χ0n) is 11.6. The number of nitrogens with one attached hydrogen (secondary N) is 1. The number of carboxylic acid groups (broad SMARTS) is 1. The van der Waals surface area contributed by atoms with Crippen molar-refractivity contribution in [2.75, 3.05) is 6.54 Å². The number of nitrogens with zero attached hydrogens (tertiary/aromatic N) is 1. The average molecular weight is 296 g/mol. The Kier molecular flexibility index (Phi) is 5.65. The van der Waals surface area contributed by atoms with Gasteiger partial charge in [-0.05, 0) is 12.0 Å². The van der Waals surface area contributed by atoms with Gasteiger partial charge in [-0.25, -0.2) is 0 Å². The van der Waals surface area contributed by atoms with Crippen molar-refractivity contribution in [2.45, 2.75) is 20.0 Å². The topological polar surface area (TPSA) is 119 Å². The summed E-state index contributed by atoms with van der Waals surface area (Å²) in [6, 6.07) is 5.45. The Morgan fingerprint density at radius 1 is 1.43 bits per heavy atom. The smallest absolute Gasteiger partial charge is 0.322 e. The lowest BCUT2D eigenvalue weighted by atomic mass is 10.1. The number of nitro groups is 1. The number of aliphatic carboxylic acids is 1. The summed E-state index contributed by atoms with van der Waals surface area (Å²) >= 11 is 0. The number of hydrogen-bond acceptors (Lipinski definition) is 5. The Hall–Kier alpha value is -2.64. The van der Waals surface area contributed by atoms with E-state index < -0.39 is 29.4 Å². The van der Waals surface area contributed by atoms with E-state index >= 15 is 0 Å². The molecule has 1 unspecified atom stereocenters. The average Bonchev–Trinajstić information content (AvgIpc) is 2.42. The van der Waals surface area contributed by atoms with Crippen molar-refractivity contribution in [3.8, 4) is 5.75 Å². The van der Waals surface area contributed by atoms with Crippen molar-refractivity contribution < 1.29 is 24.4 Å². The first-order valence-electron chi connectivity index (χ1n) is 6.22. The Morgan fingerprint density at radius 2 is 2.10 bits per heavy atom. The summed E-state index contributed by atoms with van der Waals surface area (Å²) in [4.78, 5) is 32.4. The molecule has 0 aliphatic carbocycles. The van der Waals surface area contributed by atoms with Gasteiger partial charge in [-0.1, -0.05) is 19.9 Å². The van der Waals surface area contributed by atoms with Crippen LogP contribution in [-0.2, 0) is 9.59 Å². The van der Waals surface area contributed by atoms with Gasteiger partial charge in [0.15, 0.2) is 6.10 Å². The SMILES string of the molecule is CC(C)C(Oc1cccc([N+](=O)[O-])c1)C(=O)NCC(=O)O. The van der Waals surface area contributed by atoms with Crippen LogP contribution >= 0.6 is 0 Å². The molecule has 21 heavy (non-hydrogen) atoms. The molecular formula is C13H16N2O6. The number of carboxylic acids is 1. The molecule has 0 bridgehead atoms. The van der Waals surface area contributed by atoms with Crippen molar-refractivity contribution >= 4 is 17.6 Å². The summed E-state index contributed by atoms with van der Waals surface area (Å²) in [5.74, 6) is -1.81. The van der Waals surface area contributed by atoms with Gasteiger partial charge in [0.05, 0.1) is 11.0 Å². The molecule has 1 amide bonds. The minimum absolute atomic E-state index is 0.152.